The van der Waals surface area contributed by atoms with Crippen LogP contribution < -0.4 is 10.6 Å². The van der Waals surface area contributed by atoms with Gasteiger partial charge >= 0.3 is 0 Å². The number of thioether (sulfide) groups is 1. The van der Waals surface area contributed by atoms with Crippen LogP contribution in [0.2, 0.25) is 0 Å². The zero-order chi connectivity index (χ0) is 17.6. The lowest BCUT2D eigenvalue weighted by Gasteiger charge is -2.09. The molecule has 0 saturated carbocycles. The quantitative estimate of drug-likeness (QED) is 0.615. The predicted octanol–water partition coefficient (Wildman–Crippen LogP) is 4.71. The van der Waals surface area contributed by atoms with Crippen LogP contribution in [0.1, 0.15) is 12.5 Å². The molecule has 0 fully saturated rings. The molecule has 1 aromatic heterocycles. The van der Waals surface area contributed by atoms with E-state index in [1.807, 2.05) is 68.4 Å². The summed E-state index contributed by atoms with van der Waals surface area (Å²) >= 11 is 2.84. The minimum atomic E-state index is -0.264. The average molecular weight is 371 g/mol. The first-order valence-electron chi connectivity index (χ1n) is 7.80. The van der Waals surface area contributed by atoms with Crippen molar-refractivity contribution < 1.29 is 4.79 Å². The number of para-hydroxylation sites is 2. The molecule has 2 aromatic carbocycles. The van der Waals surface area contributed by atoms with Crippen molar-refractivity contribution >= 4 is 45.5 Å². The number of aryl methyl sites for hydroxylation is 1. The van der Waals surface area contributed by atoms with E-state index < -0.39 is 0 Å². The number of amides is 1. The third-order valence-corrected chi connectivity index (χ3v) is 5.50. The number of benzene rings is 2. The van der Waals surface area contributed by atoms with Crippen LogP contribution in [0.15, 0.2) is 58.9 Å². The van der Waals surface area contributed by atoms with Crippen molar-refractivity contribution in [2.45, 2.75) is 23.4 Å². The monoisotopic (exact) mass is 370 g/mol. The first kappa shape index (κ1) is 17.4. The number of hydrogen-bond acceptors (Lipinski definition) is 6. The molecule has 1 amide bonds. The maximum absolute atomic E-state index is 12.3. The van der Waals surface area contributed by atoms with Crippen LogP contribution in [0, 0.1) is 6.92 Å². The predicted molar refractivity (Wildman–Crippen MR) is 105 cm³/mol. The molecular formula is C18H18N4OS2. The number of nitrogens with one attached hydrogen (secondary N) is 2. The maximum Gasteiger partial charge on any atom is 0.237 e. The van der Waals surface area contributed by atoms with Gasteiger partial charge in [0.15, 0.2) is 4.34 Å². The summed E-state index contributed by atoms with van der Waals surface area (Å²) in [5, 5.41) is 14.9. The van der Waals surface area contributed by atoms with E-state index in [9.17, 15) is 4.79 Å². The van der Waals surface area contributed by atoms with Crippen LogP contribution in [0.25, 0.3) is 0 Å². The molecule has 1 heterocycles. The fraction of sp³-hybridized carbons (Fsp3) is 0.167. The highest BCUT2D eigenvalue weighted by Crippen LogP contribution is 2.31. The molecule has 0 radical (unpaired) electrons. The van der Waals surface area contributed by atoms with Crippen molar-refractivity contribution in [2.24, 2.45) is 0 Å². The highest BCUT2D eigenvalue weighted by Gasteiger charge is 2.17. The minimum Gasteiger partial charge on any atom is -0.330 e. The molecular weight excluding hydrogens is 352 g/mol. The first-order valence-corrected chi connectivity index (χ1v) is 9.50. The molecule has 128 valence electrons. The second-order valence-corrected chi connectivity index (χ2v) is 7.99. The van der Waals surface area contributed by atoms with Crippen molar-refractivity contribution in [3.63, 3.8) is 0 Å². The van der Waals surface area contributed by atoms with Crippen LogP contribution in [0.3, 0.4) is 0 Å². The molecule has 2 N–H and O–H groups in total. The summed E-state index contributed by atoms with van der Waals surface area (Å²) < 4.78 is 0.756. The SMILES string of the molecule is Cc1ccccc1Nc1nnc(S[C@H](C)C(=O)Nc2ccccc2)s1. The Morgan fingerprint density at radius 2 is 1.80 bits per heavy atom. The number of anilines is 3. The van der Waals surface area contributed by atoms with E-state index in [1.54, 1.807) is 0 Å². The molecule has 0 bridgehead atoms. The zero-order valence-corrected chi connectivity index (χ0v) is 15.5. The van der Waals surface area contributed by atoms with Gasteiger partial charge in [-0.2, -0.15) is 0 Å². The lowest BCUT2D eigenvalue weighted by Crippen LogP contribution is -2.22. The van der Waals surface area contributed by atoms with Crippen LogP contribution in [0.4, 0.5) is 16.5 Å². The van der Waals surface area contributed by atoms with Crippen LogP contribution in [-0.2, 0) is 4.79 Å². The van der Waals surface area contributed by atoms with Crippen LogP contribution in [0.5, 0.6) is 0 Å². The molecule has 3 aromatic rings. The van der Waals surface area contributed by atoms with E-state index in [2.05, 4.69) is 20.8 Å². The third kappa shape index (κ3) is 4.80. The molecule has 0 unspecified atom stereocenters. The lowest BCUT2D eigenvalue weighted by molar-refractivity contribution is -0.115. The molecule has 0 aliphatic rings. The standard InChI is InChI=1S/C18H18N4OS2/c1-12-8-6-7-11-15(12)20-17-21-22-18(25-17)24-13(2)16(23)19-14-9-4-3-5-10-14/h3-11,13H,1-2H3,(H,19,23)(H,20,21)/t13-/m1/s1. The third-order valence-electron chi connectivity index (χ3n) is 3.48. The Hall–Kier alpha value is -2.38. The molecule has 7 heteroatoms. The van der Waals surface area contributed by atoms with Gasteiger partial charge in [0.1, 0.15) is 0 Å². The normalized spacial score (nSPS) is 11.8. The highest BCUT2D eigenvalue weighted by atomic mass is 32.2. The zero-order valence-electron chi connectivity index (χ0n) is 13.9. The summed E-state index contributed by atoms with van der Waals surface area (Å²) in [4.78, 5) is 12.3. The summed E-state index contributed by atoms with van der Waals surface area (Å²) in [5.41, 5.74) is 2.94. The highest BCUT2D eigenvalue weighted by molar-refractivity contribution is 8.02. The minimum absolute atomic E-state index is 0.0557. The summed E-state index contributed by atoms with van der Waals surface area (Å²) in [7, 11) is 0. The maximum atomic E-state index is 12.3. The van der Waals surface area contributed by atoms with Crippen molar-refractivity contribution in [1.82, 2.24) is 10.2 Å². The first-order chi connectivity index (χ1) is 12.1. The number of aromatic nitrogens is 2. The van der Waals surface area contributed by atoms with Gasteiger partial charge in [-0.15, -0.1) is 10.2 Å². The van der Waals surface area contributed by atoms with Crippen molar-refractivity contribution in [2.75, 3.05) is 10.6 Å². The van der Waals surface area contributed by atoms with Gasteiger partial charge < -0.3 is 10.6 Å². The van der Waals surface area contributed by atoms with E-state index in [0.717, 1.165) is 21.3 Å². The molecule has 0 aliphatic carbocycles. The smallest absolute Gasteiger partial charge is 0.237 e. The van der Waals surface area contributed by atoms with Crippen molar-refractivity contribution in [3.8, 4) is 0 Å². The van der Waals surface area contributed by atoms with Gasteiger partial charge in [0, 0.05) is 11.4 Å². The van der Waals surface area contributed by atoms with Gasteiger partial charge in [-0.1, -0.05) is 59.5 Å². The summed E-state index contributed by atoms with van der Waals surface area (Å²) in [6.45, 7) is 3.90. The van der Waals surface area contributed by atoms with Gasteiger partial charge in [0.05, 0.1) is 5.25 Å². The van der Waals surface area contributed by atoms with Gasteiger partial charge in [-0.05, 0) is 37.6 Å². The van der Waals surface area contributed by atoms with E-state index in [1.165, 1.54) is 23.1 Å². The molecule has 0 spiro atoms. The number of hydrogen-bond donors (Lipinski definition) is 2. The topological polar surface area (TPSA) is 66.9 Å². The number of nitrogens with zero attached hydrogens (tertiary/aromatic N) is 2. The van der Waals surface area contributed by atoms with Gasteiger partial charge in [-0.3, -0.25) is 4.79 Å². The fourth-order valence-corrected chi connectivity index (χ4v) is 4.01. The molecule has 3 rings (SSSR count). The molecule has 1 atom stereocenters. The molecule has 25 heavy (non-hydrogen) atoms. The Balaban J connectivity index is 1.59. The van der Waals surface area contributed by atoms with Gasteiger partial charge in [0.25, 0.3) is 0 Å². The Morgan fingerprint density at radius 1 is 1.08 bits per heavy atom. The number of carbonyl (C=O) groups is 1. The van der Waals surface area contributed by atoms with Crippen molar-refractivity contribution in [3.05, 3.63) is 60.2 Å². The fourth-order valence-electron chi connectivity index (χ4n) is 2.11. The van der Waals surface area contributed by atoms with Crippen LogP contribution >= 0.6 is 23.1 Å². The van der Waals surface area contributed by atoms with Crippen LogP contribution in [-0.4, -0.2) is 21.4 Å². The van der Waals surface area contributed by atoms with E-state index in [-0.39, 0.29) is 11.2 Å². The van der Waals surface area contributed by atoms with Crippen molar-refractivity contribution in [1.29, 1.82) is 0 Å². The lowest BCUT2D eigenvalue weighted by atomic mass is 10.2. The summed E-state index contributed by atoms with van der Waals surface area (Å²) in [6, 6.07) is 17.4. The Morgan fingerprint density at radius 3 is 2.56 bits per heavy atom. The van der Waals surface area contributed by atoms with E-state index >= 15 is 0 Å². The van der Waals surface area contributed by atoms with E-state index in [4.69, 9.17) is 0 Å². The Bertz CT molecular complexity index is 851. The van der Waals surface area contributed by atoms with Gasteiger partial charge in [-0.25, -0.2) is 0 Å². The average Bonchev–Trinajstić information content (AvgIpc) is 3.05. The van der Waals surface area contributed by atoms with E-state index in [0.29, 0.717) is 5.13 Å². The molecule has 0 aliphatic heterocycles. The summed E-state index contributed by atoms with van der Waals surface area (Å²) in [6.07, 6.45) is 0. The number of carbonyl (C=O) groups excluding carboxylic acids is 1. The Kier molecular flexibility index (Phi) is 5.67. The molecule has 0 saturated heterocycles. The number of rotatable bonds is 6. The summed E-state index contributed by atoms with van der Waals surface area (Å²) in [5.74, 6) is -0.0557. The largest absolute Gasteiger partial charge is 0.330 e. The van der Waals surface area contributed by atoms with Gasteiger partial charge in [0.2, 0.25) is 11.0 Å². The second-order valence-electron chi connectivity index (χ2n) is 5.43. The molecule has 5 nitrogen and oxygen atoms in total. The second kappa shape index (κ2) is 8.13. The Labute approximate surface area is 154 Å².